The van der Waals surface area contributed by atoms with Crippen LogP contribution in [0.2, 0.25) is 0 Å². The van der Waals surface area contributed by atoms with Gasteiger partial charge in [0, 0.05) is 32.2 Å². The Morgan fingerprint density at radius 2 is 1.95 bits per heavy atom. The lowest BCUT2D eigenvalue weighted by atomic mass is 10.3. The summed E-state index contributed by atoms with van der Waals surface area (Å²) < 4.78 is 24.6. The number of nitrogens with zero attached hydrogens (tertiary/aromatic N) is 4. The highest BCUT2D eigenvalue weighted by atomic mass is 35.5. The van der Waals surface area contributed by atoms with Crippen LogP contribution in [0.5, 0.6) is 0 Å². The van der Waals surface area contributed by atoms with E-state index in [1.807, 2.05) is 4.90 Å². The smallest absolute Gasteiger partial charge is 0.363 e. The Hall–Kier alpha value is -1.45. The summed E-state index contributed by atoms with van der Waals surface area (Å²) >= 11 is 5.41. The van der Waals surface area contributed by atoms with Crippen molar-refractivity contribution in [3.8, 4) is 0 Å². The lowest BCUT2D eigenvalue weighted by Gasteiger charge is -2.34. The zero-order chi connectivity index (χ0) is 14.8. The molecule has 0 atom stereocenters. The van der Waals surface area contributed by atoms with Crippen molar-refractivity contribution in [3.05, 3.63) is 28.4 Å². The van der Waals surface area contributed by atoms with E-state index in [1.54, 1.807) is 6.07 Å². The molecule has 1 aliphatic heterocycles. The maximum atomic E-state index is 11.6. The molecule has 0 N–H and O–H groups in total. The Morgan fingerprint density at radius 1 is 1.30 bits per heavy atom. The van der Waals surface area contributed by atoms with Crippen molar-refractivity contribution in [2.45, 2.75) is 0 Å². The Labute approximate surface area is 121 Å². The number of hydrogen-bond donors (Lipinski definition) is 0. The number of pyridine rings is 1. The van der Waals surface area contributed by atoms with E-state index in [2.05, 4.69) is 4.98 Å². The molecule has 1 aliphatic rings. The van der Waals surface area contributed by atoms with E-state index in [4.69, 9.17) is 11.6 Å². The maximum Gasteiger partial charge on any atom is 0.363 e. The lowest BCUT2D eigenvalue weighted by Crippen LogP contribution is -2.49. The summed E-state index contributed by atoms with van der Waals surface area (Å²) in [7, 11) is -3.38. The molecule has 0 amide bonds. The molecule has 0 saturated carbocycles. The van der Waals surface area contributed by atoms with Crippen LogP contribution in [-0.2, 0) is 10.0 Å². The van der Waals surface area contributed by atoms with Crippen molar-refractivity contribution in [2.75, 3.05) is 36.3 Å². The summed E-state index contributed by atoms with van der Waals surface area (Å²) in [4.78, 5) is 15.6. The summed E-state index contributed by atoms with van der Waals surface area (Å²) in [5.41, 5.74) is 0.735. The van der Waals surface area contributed by atoms with Crippen LogP contribution in [-0.4, -0.2) is 54.0 Å². The van der Waals surface area contributed by atoms with Crippen LogP contribution in [0.3, 0.4) is 0 Å². The van der Waals surface area contributed by atoms with E-state index in [9.17, 15) is 18.5 Å². The van der Waals surface area contributed by atoms with Crippen molar-refractivity contribution < 1.29 is 13.3 Å². The topological polar surface area (TPSA) is 96.6 Å². The van der Waals surface area contributed by atoms with Crippen LogP contribution in [0.15, 0.2) is 18.3 Å². The third-order valence-electron chi connectivity index (χ3n) is 3.05. The van der Waals surface area contributed by atoms with Gasteiger partial charge in [-0.05, 0) is 16.0 Å². The van der Waals surface area contributed by atoms with Gasteiger partial charge in [0.05, 0.1) is 5.69 Å². The van der Waals surface area contributed by atoms with Gasteiger partial charge in [0.1, 0.15) is 5.21 Å². The molecular weight excluding hydrogens is 308 g/mol. The number of aromatic nitrogens is 1. The second-order valence-electron chi connectivity index (χ2n) is 4.24. The Morgan fingerprint density at radius 3 is 2.40 bits per heavy atom. The number of anilines is 1. The Bertz CT molecular complexity index is 584. The van der Waals surface area contributed by atoms with Crippen LogP contribution >= 0.6 is 11.6 Å². The summed E-state index contributed by atoms with van der Waals surface area (Å²) in [6.45, 7) is 1.67. The normalized spacial score (nSPS) is 17.1. The van der Waals surface area contributed by atoms with E-state index >= 15 is 0 Å². The fourth-order valence-corrected chi connectivity index (χ4v) is 3.24. The molecule has 1 aromatic heterocycles. The number of piperazine rings is 1. The summed E-state index contributed by atoms with van der Waals surface area (Å²) in [5, 5.41) is 10.1. The summed E-state index contributed by atoms with van der Waals surface area (Å²) in [6.07, 6.45) is 1.42. The molecule has 1 fully saturated rings. The van der Waals surface area contributed by atoms with Crippen LogP contribution < -0.4 is 4.90 Å². The fourth-order valence-electron chi connectivity index (χ4n) is 1.97. The van der Waals surface area contributed by atoms with Crippen LogP contribution in [0.25, 0.3) is 0 Å². The highest BCUT2D eigenvalue weighted by Gasteiger charge is 2.26. The van der Waals surface area contributed by atoms with Gasteiger partial charge in [-0.2, -0.15) is 4.31 Å². The van der Waals surface area contributed by atoms with Gasteiger partial charge in [-0.3, -0.25) is 0 Å². The minimum absolute atomic E-state index is 0.211. The number of alkyl halides is 1. The zero-order valence-electron chi connectivity index (χ0n) is 10.5. The lowest BCUT2D eigenvalue weighted by molar-refractivity contribution is -0.389. The van der Waals surface area contributed by atoms with E-state index in [0.717, 1.165) is 5.69 Å². The molecule has 0 radical (unpaired) electrons. The second-order valence-corrected chi connectivity index (χ2v) is 6.79. The zero-order valence-corrected chi connectivity index (χ0v) is 12.0. The van der Waals surface area contributed by atoms with Crippen LogP contribution in [0, 0.1) is 10.1 Å². The number of halogens is 1. The highest BCUT2D eigenvalue weighted by molar-refractivity contribution is 7.90. The number of hydrogen-bond acceptors (Lipinski definition) is 6. The van der Waals surface area contributed by atoms with Gasteiger partial charge in [0.25, 0.3) is 0 Å². The fraction of sp³-hybridized carbons (Fsp3) is 0.500. The molecule has 110 valence electrons. The predicted molar refractivity (Wildman–Crippen MR) is 74.3 cm³/mol. The molecule has 0 unspecified atom stereocenters. The van der Waals surface area contributed by atoms with Gasteiger partial charge in [-0.15, -0.1) is 11.6 Å². The molecule has 2 rings (SSSR count). The maximum absolute atomic E-state index is 11.6. The molecule has 1 aromatic rings. The van der Waals surface area contributed by atoms with Crippen molar-refractivity contribution in [1.82, 2.24) is 9.29 Å². The van der Waals surface area contributed by atoms with Gasteiger partial charge in [0.15, 0.2) is 6.20 Å². The minimum Gasteiger partial charge on any atom is -0.366 e. The van der Waals surface area contributed by atoms with Gasteiger partial charge in [0.2, 0.25) is 10.0 Å². The number of nitro groups is 1. The average Bonchev–Trinajstić information content (AvgIpc) is 2.47. The third kappa shape index (κ3) is 3.17. The van der Waals surface area contributed by atoms with Crippen LogP contribution in [0.4, 0.5) is 11.5 Å². The third-order valence-corrected chi connectivity index (χ3v) is 5.31. The highest BCUT2D eigenvalue weighted by Crippen LogP contribution is 2.19. The molecule has 20 heavy (non-hydrogen) atoms. The predicted octanol–water partition coefficient (Wildman–Crippen LogP) is 0.638. The van der Waals surface area contributed by atoms with E-state index < -0.39 is 20.2 Å². The standard InChI is InChI=1S/C10H13ClN4O4S/c11-8-20(18,19)14-5-3-13(4-6-14)9-1-2-10(12-7-9)15(16)17/h1-2,7H,3-6,8H2. The molecule has 2 heterocycles. The minimum atomic E-state index is -3.38. The first-order valence-electron chi connectivity index (χ1n) is 5.83. The van der Waals surface area contributed by atoms with E-state index in [-0.39, 0.29) is 5.82 Å². The van der Waals surface area contributed by atoms with Crippen molar-refractivity contribution >= 4 is 33.1 Å². The number of sulfonamides is 1. The monoisotopic (exact) mass is 320 g/mol. The van der Waals surface area contributed by atoms with Crippen LogP contribution in [0.1, 0.15) is 0 Å². The summed E-state index contributed by atoms with van der Waals surface area (Å²) in [5.74, 6) is -0.211. The van der Waals surface area contributed by atoms with Gasteiger partial charge in [-0.1, -0.05) is 0 Å². The molecule has 0 aliphatic carbocycles. The van der Waals surface area contributed by atoms with Crippen molar-refractivity contribution in [1.29, 1.82) is 0 Å². The largest absolute Gasteiger partial charge is 0.366 e. The first kappa shape index (κ1) is 14.9. The molecule has 10 heteroatoms. The molecule has 0 aromatic carbocycles. The van der Waals surface area contributed by atoms with Crippen molar-refractivity contribution in [3.63, 3.8) is 0 Å². The molecule has 8 nitrogen and oxygen atoms in total. The van der Waals surface area contributed by atoms with Crippen molar-refractivity contribution in [2.24, 2.45) is 0 Å². The summed E-state index contributed by atoms with van der Waals surface area (Å²) in [6, 6.07) is 2.94. The molecular formula is C10H13ClN4O4S. The molecule has 0 spiro atoms. The SMILES string of the molecule is O=[N+]([O-])c1ccc(N2CCN(S(=O)(=O)CCl)CC2)cn1. The van der Waals surface area contributed by atoms with Gasteiger partial charge in [-0.25, -0.2) is 8.42 Å². The van der Waals surface area contributed by atoms with Gasteiger partial charge >= 0.3 is 5.82 Å². The first-order chi connectivity index (χ1) is 9.44. The number of rotatable bonds is 4. The molecule has 0 bridgehead atoms. The van der Waals surface area contributed by atoms with E-state index in [0.29, 0.717) is 26.2 Å². The van der Waals surface area contributed by atoms with E-state index in [1.165, 1.54) is 16.6 Å². The quantitative estimate of drug-likeness (QED) is 0.459. The average molecular weight is 321 g/mol. The van der Waals surface area contributed by atoms with Gasteiger partial charge < -0.3 is 15.0 Å². The second kappa shape index (κ2) is 5.90. The Kier molecular flexibility index (Phi) is 4.41. The first-order valence-corrected chi connectivity index (χ1v) is 7.97. The Balaban J connectivity index is 2.02. The molecule has 1 saturated heterocycles.